The summed E-state index contributed by atoms with van der Waals surface area (Å²) in [5, 5.41) is 18.0. The lowest BCUT2D eigenvalue weighted by molar-refractivity contribution is -0.138. The van der Waals surface area contributed by atoms with E-state index in [1.165, 1.54) is 0 Å². The second-order valence-corrected chi connectivity index (χ2v) is 9.64. The molecule has 0 aliphatic heterocycles. The number of aliphatic carboxylic acids is 2. The van der Waals surface area contributed by atoms with Crippen molar-refractivity contribution in [2.75, 3.05) is 19.8 Å². The van der Waals surface area contributed by atoms with Crippen LogP contribution in [0.25, 0.3) is 11.1 Å². The number of carboxylic acid groups (broad SMARTS) is 2. The summed E-state index contributed by atoms with van der Waals surface area (Å²) in [4.78, 5) is 22.0. The maximum Gasteiger partial charge on any atom is 0.303 e. The van der Waals surface area contributed by atoms with E-state index in [4.69, 9.17) is 19.3 Å². The molecule has 0 aromatic heterocycles. The van der Waals surface area contributed by atoms with Crippen molar-refractivity contribution in [3.8, 4) is 28.4 Å². The highest BCUT2D eigenvalue weighted by Crippen LogP contribution is 2.30. The van der Waals surface area contributed by atoms with Gasteiger partial charge in [-0.3, -0.25) is 9.59 Å². The molecule has 0 saturated carbocycles. The third-order valence-corrected chi connectivity index (χ3v) is 6.52. The van der Waals surface area contributed by atoms with Gasteiger partial charge in [-0.05, 0) is 79.5 Å². The molecule has 2 N–H and O–H groups in total. The Morgan fingerprint density at radius 3 is 2.08 bits per heavy atom. The molecule has 0 unspecified atom stereocenters. The maximum absolute atomic E-state index is 11.2. The molecule has 0 atom stereocenters. The number of benzene rings is 3. The molecule has 0 fully saturated rings. The SMILES string of the molecule is CCOc1cc(OCCCCCCc2cccc(OCCCC(=O)O)c2CCC(=O)O)cc(-c2ccccc2)c1. The molecule has 214 valence electrons. The van der Waals surface area contributed by atoms with E-state index >= 15 is 0 Å². The van der Waals surface area contributed by atoms with Crippen molar-refractivity contribution >= 4 is 11.9 Å². The quantitative estimate of drug-likeness (QED) is 0.153. The Balaban J connectivity index is 1.48. The fourth-order valence-corrected chi connectivity index (χ4v) is 4.57. The van der Waals surface area contributed by atoms with Crippen LogP contribution in [-0.4, -0.2) is 42.0 Å². The number of hydrogen-bond acceptors (Lipinski definition) is 5. The molecule has 3 aromatic rings. The van der Waals surface area contributed by atoms with Crippen molar-refractivity contribution < 1.29 is 34.0 Å². The Kier molecular flexibility index (Phi) is 12.9. The lowest BCUT2D eigenvalue weighted by Gasteiger charge is -2.15. The first-order valence-electron chi connectivity index (χ1n) is 14.1. The normalized spacial score (nSPS) is 10.7. The summed E-state index contributed by atoms with van der Waals surface area (Å²) in [5.74, 6) is 0.541. The minimum absolute atomic E-state index is 0.0241. The molecule has 0 radical (unpaired) electrons. The highest BCUT2D eigenvalue weighted by molar-refractivity contribution is 5.68. The number of carboxylic acids is 2. The van der Waals surface area contributed by atoms with Gasteiger partial charge < -0.3 is 24.4 Å². The average molecular weight is 549 g/mol. The van der Waals surface area contributed by atoms with Crippen LogP contribution in [0, 0.1) is 0 Å². The van der Waals surface area contributed by atoms with Crippen LogP contribution in [0.5, 0.6) is 17.2 Å². The van der Waals surface area contributed by atoms with Gasteiger partial charge in [0.2, 0.25) is 0 Å². The summed E-state index contributed by atoms with van der Waals surface area (Å²) < 4.78 is 17.7. The summed E-state index contributed by atoms with van der Waals surface area (Å²) in [7, 11) is 0. The average Bonchev–Trinajstić information content (AvgIpc) is 2.94. The van der Waals surface area contributed by atoms with Gasteiger partial charge in [0.1, 0.15) is 17.2 Å². The minimum Gasteiger partial charge on any atom is -0.494 e. The molecule has 3 rings (SSSR count). The predicted molar refractivity (Wildman–Crippen MR) is 155 cm³/mol. The summed E-state index contributed by atoms with van der Waals surface area (Å²) in [6, 6.07) is 22.0. The minimum atomic E-state index is -0.857. The lowest BCUT2D eigenvalue weighted by Crippen LogP contribution is -2.07. The van der Waals surface area contributed by atoms with Crippen LogP contribution in [0.4, 0.5) is 0 Å². The van der Waals surface area contributed by atoms with E-state index in [2.05, 4.69) is 12.1 Å². The second kappa shape index (κ2) is 16.9. The first-order chi connectivity index (χ1) is 19.5. The summed E-state index contributed by atoms with van der Waals surface area (Å²) >= 11 is 0. The number of carbonyl (C=O) groups is 2. The Bertz CT molecular complexity index is 1210. The molecule has 0 amide bonds. The number of aryl methyl sites for hydroxylation is 1. The molecule has 0 spiro atoms. The zero-order chi connectivity index (χ0) is 28.6. The van der Waals surface area contributed by atoms with Crippen LogP contribution >= 0.6 is 0 Å². The molecule has 3 aromatic carbocycles. The smallest absolute Gasteiger partial charge is 0.303 e. The predicted octanol–water partition coefficient (Wildman–Crippen LogP) is 7.20. The topological polar surface area (TPSA) is 102 Å². The molecular formula is C33H40O7. The van der Waals surface area contributed by atoms with Gasteiger partial charge >= 0.3 is 11.9 Å². The molecule has 0 aliphatic rings. The van der Waals surface area contributed by atoms with Gasteiger partial charge in [-0.15, -0.1) is 0 Å². The van der Waals surface area contributed by atoms with Crippen molar-refractivity contribution in [2.24, 2.45) is 0 Å². The zero-order valence-electron chi connectivity index (χ0n) is 23.3. The molecule has 40 heavy (non-hydrogen) atoms. The summed E-state index contributed by atoms with van der Waals surface area (Å²) in [6.45, 7) is 3.47. The number of rotatable bonds is 19. The fraction of sp³-hybridized carbons (Fsp3) is 0.394. The fourth-order valence-electron chi connectivity index (χ4n) is 4.57. The van der Waals surface area contributed by atoms with Gasteiger partial charge in [0, 0.05) is 18.9 Å². The monoisotopic (exact) mass is 548 g/mol. The zero-order valence-corrected chi connectivity index (χ0v) is 23.3. The molecule has 7 nitrogen and oxygen atoms in total. The van der Waals surface area contributed by atoms with E-state index in [-0.39, 0.29) is 19.4 Å². The molecule has 0 heterocycles. The summed E-state index contributed by atoms with van der Waals surface area (Å²) in [6.07, 6.45) is 5.64. The van der Waals surface area contributed by atoms with Crippen molar-refractivity contribution in [3.05, 3.63) is 77.9 Å². The Morgan fingerprint density at radius 2 is 1.35 bits per heavy atom. The second-order valence-electron chi connectivity index (χ2n) is 9.64. The maximum atomic E-state index is 11.2. The van der Waals surface area contributed by atoms with Gasteiger partial charge in [-0.2, -0.15) is 0 Å². The number of ether oxygens (including phenoxy) is 3. The summed E-state index contributed by atoms with van der Waals surface area (Å²) in [5.41, 5.74) is 4.18. The van der Waals surface area contributed by atoms with Crippen LogP contribution in [0.2, 0.25) is 0 Å². The van der Waals surface area contributed by atoms with Gasteiger partial charge in [0.05, 0.1) is 19.8 Å². The molecule has 0 saturated heterocycles. The molecule has 0 aliphatic carbocycles. The van der Waals surface area contributed by atoms with Gasteiger partial charge in [-0.1, -0.05) is 55.3 Å². The highest BCUT2D eigenvalue weighted by Gasteiger charge is 2.12. The van der Waals surface area contributed by atoms with Crippen LogP contribution in [-0.2, 0) is 22.4 Å². The van der Waals surface area contributed by atoms with E-state index in [1.54, 1.807) is 0 Å². The van der Waals surface area contributed by atoms with Crippen molar-refractivity contribution in [1.82, 2.24) is 0 Å². The highest BCUT2D eigenvalue weighted by atomic mass is 16.5. The van der Waals surface area contributed by atoms with E-state index in [0.717, 1.165) is 65.9 Å². The van der Waals surface area contributed by atoms with Crippen LogP contribution in [0.3, 0.4) is 0 Å². The third-order valence-electron chi connectivity index (χ3n) is 6.52. The van der Waals surface area contributed by atoms with E-state index in [1.807, 2.05) is 61.5 Å². The molecule has 0 bridgehead atoms. The van der Waals surface area contributed by atoms with Crippen LogP contribution in [0.15, 0.2) is 66.7 Å². The van der Waals surface area contributed by atoms with Gasteiger partial charge in [0.25, 0.3) is 0 Å². The van der Waals surface area contributed by atoms with Crippen molar-refractivity contribution in [3.63, 3.8) is 0 Å². The van der Waals surface area contributed by atoms with Gasteiger partial charge in [-0.25, -0.2) is 0 Å². The number of hydrogen-bond donors (Lipinski definition) is 2. The van der Waals surface area contributed by atoms with E-state index in [9.17, 15) is 14.7 Å². The first kappa shape index (κ1) is 30.5. The Morgan fingerprint density at radius 1 is 0.650 bits per heavy atom. The van der Waals surface area contributed by atoms with E-state index < -0.39 is 11.9 Å². The Labute approximate surface area is 236 Å². The van der Waals surface area contributed by atoms with E-state index in [0.29, 0.717) is 31.8 Å². The number of unbranched alkanes of at least 4 members (excludes halogenated alkanes) is 3. The molecule has 7 heteroatoms. The van der Waals surface area contributed by atoms with Crippen molar-refractivity contribution in [2.45, 2.75) is 64.7 Å². The molecular weight excluding hydrogens is 508 g/mol. The van der Waals surface area contributed by atoms with Gasteiger partial charge in [0.15, 0.2) is 0 Å². The standard InChI is InChI=1S/C33H40O7/c1-2-38-28-22-27(25-12-7-5-8-13-25)23-29(24-28)39-20-9-4-3-6-14-26-15-10-16-31(30(26)18-19-33(36)37)40-21-11-17-32(34)35/h5,7-8,10,12-13,15-16,22-24H,2-4,6,9,11,14,17-21H2,1H3,(H,34,35)(H,36,37). The van der Waals surface area contributed by atoms with Crippen LogP contribution in [0.1, 0.15) is 63.0 Å². The Hall–Kier alpha value is -4.00. The third kappa shape index (κ3) is 10.6. The lowest BCUT2D eigenvalue weighted by atomic mass is 9.97. The first-order valence-corrected chi connectivity index (χ1v) is 14.1. The van der Waals surface area contributed by atoms with Crippen molar-refractivity contribution in [1.29, 1.82) is 0 Å². The van der Waals surface area contributed by atoms with Crippen LogP contribution < -0.4 is 14.2 Å². The largest absolute Gasteiger partial charge is 0.494 e.